The first-order valence-corrected chi connectivity index (χ1v) is 10.6. The van der Waals surface area contributed by atoms with Crippen molar-refractivity contribution in [3.63, 3.8) is 0 Å². The largest absolute Gasteiger partial charge is 0.480 e. The van der Waals surface area contributed by atoms with E-state index in [2.05, 4.69) is 27.8 Å². The van der Waals surface area contributed by atoms with Crippen molar-refractivity contribution in [2.45, 2.75) is 25.3 Å². The van der Waals surface area contributed by atoms with Gasteiger partial charge in [0.05, 0.1) is 5.69 Å². The number of fused-ring (bicyclic) bond motifs is 3. The summed E-state index contributed by atoms with van der Waals surface area (Å²) in [5.41, 5.74) is 4.46. The second-order valence-electron chi connectivity index (χ2n) is 7.62. The van der Waals surface area contributed by atoms with Crippen LogP contribution in [0.15, 0.2) is 66.9 Å². The Bertz CT molecular complexity index is 1160. The summed E-state index contributed by atoms with van der Waals surface area (Å²) in [4.78, 5) is 40.3. The lowest BCUT2D eigenvalue weighted by molar-refractivity contribution is -0.139. The molecule has 1 unspecified atom stereocenters. The van der Waals surface area contributed by atoms with Gasteiger partial charge in [0, 0.05) is 12.1 Å². The Morgan fingerprint density at radius 3 is 2.24 bits per heavy atom. The summed E-state index contributed by atoms with van der Waals surface area (Å²) in [6.07, 6.45) is 0.868. The third-order valence-corrected chi connectivity index (χ3v) is 5.61. The Labute approximate surface area is 190 Å². The Morgan fingerprint density at radius 1 is 1.00 bits per heavy atom. The van der Waals surface area contributed by atoms with Gasteiger partial charge < -0.3 is 15.2 Å². The predicted molar refractivity (Wildman–Crippen MR) is 122 cm³/mol. The number of carbonyl (C=O) groups excluding carboxylic acids is 2. The molecule has 0 aliphatic heterocycles. The molecule has 2 aromatic carbocycles. The fourth-order valence-electron chi connectivity index (χ4n) is 4.00. The fraction of sp³-hybridized carbons (Fsp3) is 0.200. The summed E-state index contributed by atoms with van der Waals surface area (Å²) in [6, 6.07) is 18.0. The van der Waals surface area contributed by atoms with E-state index >= 15 is 0 Å². The van der Waals surface area contributed by atoms with Gasteiger partial charge in [-0.3, -0.25) is 10.1 Å². The van der Waals surface area contributed by atoms with Crippen LogP contribution in [0.3, 0.4) is 0 Å². The van der Waals surface area contributed by atoms with Crippen LogP contribution in [0, 0.1) is 0 Å². The molecule has 0 bridgehead atoms. The molecule has 8 heteroatoms. The third-order valence-electron chi connectivity index (χ3n) is 5.61. The number of hydrogen-bond acceptors (Lipinski definition) is 5. The van der Waals surface area contributed by atoms with Crippen molar-refractivity contribution >= 4 is 23.7 Å². The monoisotopic (exact) mass is 445 g/mol. The van der Waals surface area contributed by atoms with Gasteiger partial charge in [-0.25, -0.2) is 14.6 Å². The van der Waals surface area contributed by atoms with Crippen molar-refractivity contribution in [3.8, 4) is 11.1 Å². The maximum atomic E-state index is 12.6. The molecule has 0 saturated carbocycles. The second-order valence-corrected chi connectivity index (χ2v) is 7.62. The van der Waals surface area contributed by atoms with Gasteiger partial charge in [0.15, 0.2) is 5.69 Å². The fourth-order valence-corrected chi connectivity index (χ4v) is 4.00. The van der Waals surface area contributed by atoms with E-state index in [9.17, 15) is 19.5 Å². The SMILES string of the molecule is CCC(NC(=O)c1ncccc1NC(=O)OCC1c2ccccc2-c2ccccc21)C(=O)O. The van der Waals surface area contributed by atoms with Gasteiger partial charge in [0.1, 0.15) is 12.6 Å². The summed E-state index contributed by atoms with van der Waals surface area (Å²) >= 11 is 0. The number of nitrogens with zero attached hydrogens (tertiary/aromatic N) is 1. The third kappa shape index (κ3) is 4.55. The molecule has 8 nitrogen and oxygen atoms in total. The Morgan fingerprint density at radius 2 is 1.64 bits per heavy atom. The molecule has 0 radical (unpaired) electrons. The van der Waals surface area contributed by atoms with Crippen molar-refractivity contribution in [2.75, 3.05) is 11.9 Å². The minimum atomic E-state index is -1.15. The lowest BCUT2D eigenvalue weighted by Gasteiger charge is -2.16. The zero-order chi connectivity index (χ0) is 23.4. The first-order chi connectivity index (χ1) is 16.0. The minimum absolute atomic E-state index is 0.0919. The molecule has 1 atom stereocenters. The topological polar surface area (TPSA) is 118 Å². The smallest absolute Gasteiger partial charge is 0.411 e. The van der Waals surface area contributed by atoms with E-state index < -0.39 is 24.0 Å². The van der Waals surface area contributed by atoms with Crippen molar-refractivity contribution in [2.24, 2.45) is 0 Å². The molecular weight excluding hydrogens is 422 g/mol. The number of hydrogen-bond donors (Lipinski definition) is 3. The summed E-state index contributed by atoms with van der Waals surface area (Å²) in [7, 11) is 0. The molecule has 0 spiro atoms. The number of rotatable bonds is 7. The van der Waals surface area contributed by atoms with Gasteiger partial charge in [0.25, 0.3) is 5.91 Å². The molecule has 4 rings (SSSR count). The Kier molecular flexibility index (Phi) is 6.35. The molecule has 1 aromatic heterocycles. The Hall–Kier alpha value is -4.20. The number of anilines is 1. The van der Waals surface area contributed by atoms with Gasteiger partial charge >= 0.3 is 12.1 Å². The van der Waals surface area contributed by atoms with E-state index in [1.165, 1.54) is 12.3 Å². The summed E-state index contributed by atoms with van der Waals surface area (Å²) < 4.78 is 5.52. The molecule has 0 saturated heterocycles. The molecular formula is C25H23N3O5. The van der Waals surface area contributed by atoms with Crippen molar-refractivity contribution < 1.29 is 24.2 Å². The zero-order valence-electron chi connectivity index (χ0n) is 17.9. The number of carboxylic acid groups (broad SMARTS) is 1. The van der Waals surface area contributed by atoms with Gasteiger partial charge in [-0.2, -0.15) is 0 Å². The first-order valence-electron chi connectivity index (χ1n) is 10.6. The second kappa shape index (κ2) is 9.52. The molecule has 33 heavy (non-hydrogen) atoms. The summed E-state index contributed by atoms with van der Waals surface area (Å²) in [5.74, 6) is -1.94. The van der Waals surface area contributed by atoms with Crippen LogP contribution in [0.4, 0.5) is 10.5 Å². The minimum Gasteiger partial charge on any atom is -0.480 e. The van der Waals surface area contributed by atoms with Gasteiger partial charge in [-0.05, 0) is 40.8 Å². The average Bonchev–Trinajstić information content (AvgIpc) is 3.15. The number of ether oxygens (including phenoxy) is 1. The van der Waals surface area contributed by atoms with Crippen LogP contribution in [0.5, 0.6) is 0 Å². The van der Waals surface area contributed by atoms with Gasteiger partial charge in [0.2, 0.25) is 0 Å². The van der Waals surface area contributed by atoms with E-state index in [-0.39, 0.29) is 30.3 Å². The highest BCUT2D eigenvalue weighted by Crippen LogP contribution is 2.44. The first kappa shape index (κ1) is 22.0. The van der Waals surface area contributed by atoms with E-state index in [4.69, 9.17) is 4.74 Å². The maximum absolute atomic E-state index is 12.6. The van der Waals surface area contributed by atoms with E-state index in [0.717, 1.165) is 22.3 Å². The maximum Gasteiger partial charge on any atom is 0.411 e. The summed E-state index contributed by atoms with van der Waals surface area (Å²) in [6.45, 7) is 1.77. The lowest BCUT2D eigenvalue weighted by Crippen LogP contribution is -2.40. The normalized spacial score (nSPS) is 12.9. The number of carboxylic acids is 1. The number of pyridine rings is 1. The number of nitrogens with one attached hydrogen (secondary N) is 2. The van der Waals surface area contributed by atoms with Crippen LogP contribution in [0.2, 0.25) is 0 Å². The number of carbonyl (C=O) groups is 3. The molecule has 1 aliphatic rings. The average molecular weight is 445 g/mol. The Balaban J connectivity index is 1.46. The lowest BCUT2D eigenvalue weighted by atomic mass is 9.98. The van der Waals surface area contributed by atoms with Crippen molar-refractivity contribution in [1.82, 2.24) is 10.3 Å². The number of aromatic nitrogens is 1. The quantitative estimate of drug-likeness (QED) is 0.505. The molecule has 3 N–H and O–H groups in total. The van der Waals surface area contributed by atoms with E-state index in [1.807, 2.05) is 36.4 Å². The molecule has 168 valence electrons. The van der Waals surface area contributed by atoms with Crippen LogP contribution >= 0.6 is 0 Å². The highest BCUT2D eigenvalue weighted by molar-refractivity contribution is 6.02. The van der Waals surface area contributed by atoms with Crippen LogP contribution in [0.1, 0.15) is 40.9 Å². The van der Waals surface area contributed by atoms with Crippen LogP contribution in [-0.4, -0.2) is 40.7 Å². The van der Waals surface area contributed by atoms with Crippen LogP contribution in [-0.2, 0) is 9.53 Å². The van der Waals surface area contributed by atoms with Crippen LogP contribution in [0.25, 0.3) is 11.1 Å². The summed E-state index contributed by atoms with van der Waals surface area (Å²) in [5, 5.41) is 14.1. The van der Waals surface area contributed by atoms with Crippen LogP contribution < -0.4 is 10.6 Å². The zero-order valence-corrected chi connectivity index (χ0v) is 17.9. The van der Waals surface area contributed by atoms with E-state index in [1.54, 1.807) is 13.0 Å². The molecule has 2 amide bonds. The number of amides is 2. The van der Waals surface area contributed by atoms with Crippen molar-refractivity contribution in [1.29, 1.82) is 0 Å². The van der Waals surface area contributed by atoms with E-state index in [0.29, 0.717) is 0 Å². The van der Waals surface area contributed by atoms with Gasteiger partial charge in [-0.1, -0.05) is 55.5 Å². The highest BCUT2D eigenvalue weighted by atomic mass is 16.5. The molecule has 1 heterocycles. The molecule has 1 aliphatic carbocycles. The van der Waals surface area contributed by atoms with Gasteiger partial charge in [-0.15, -0.1) is 0 Å². The number of benzene rings is 2. The molecule has 0 fully saturated rings. The highest BCUT2D eigenvalue weighted by Gasteiger charge is 2.29. The van der Waals surface area contributed by atoms with Crippen molar-refractivity contribution in [3.05, 3.63) is 83.7 Å². The standard InChI is InChI=1S/C25H23N3O5/c1-2-20(24(30)31)27-23(29)22-21(12-7-13-26-22)28-25(32)33-14-19-17-10-5-3-8-15(17)16-9-4-6-11-18(16)19/h3-13,19-20H,2,14H2,1H3,(H,27,29)(H,28,32)(H,30,31). The predicted octanol–water partition coefficient (Wildman–Crippen LogP) is 4.04. The molecule has 3 aromatic rings. The number of aliphatic carboxylic acids is 1.